The monoisotopic (exact) mass is 325 g/mol. The van der Waals surface area contributed by atoms with E-state index >= 15 is 0 Å². The van der Waals surface area contributed by atoms with Crippen LogP contribution in [0.4, 0.5) is 0 Å². The van der Waals surface area contributed by atoms with Gasteiger partial charge in [-0.15, -0.1) is 0 Å². The highest BCUT2D eigenvalue weighted by Crippen LogP contribution is 2.19. The van der Waals surface area contributed by atoms with Crippen LogP contribution in [0.2, 0.25) is 0 Å². The summed E-state index contributed by atoms with van der Waals surface area (Å²) in [6, 6.07) is 4.60. The first-order valence-electron chi connectivity index (χ1n) is 7.36. The first-order valence-corrected chi connectivity index (χ1v) is 8.84. The fraction of sp³-hybridized carbons (Fsp3) is 0.500. The van der Waals surface area contributed by atoms with Crippen molar-refractivity contribution in [1.82, 2.24) is 14.6 Å². The van der Waals surface area contributed by atoms with E-state index in [1.807, 2.05) is 0 Å². The minimum Gasteiger partial charge on any atom is -0.408 e. The van der Waals surface area contributed by atoms with Crippen LogP contribution in [0.25, 0.3) is 11.1 Å². The second-order valence-electron chi connectivity index (χ2n) is 5.45. The fourth-order valence-corrected chi connectivity index (χ4v) is 4.01. The van der Waals surface area contributed by atoms with Crippen LogP contribution in [0.15, 0.2) is 32.3 Å². The summed E-state index contributed by atoms with van der Waals surface area (Å²) in [5.41, 5.74) is 0.723. The van der Waals surface area contributed by atoms with Crippen LogP contribution in [-0.4, -0.2) is 44.0 Å². The highest BCUT2D eigenvalue weighted by Gasteiger charge is 2.25. The zero-order valence-electron chi connectivity index (χ0n) is 12.3. The Balaban J connectivity index is 1.77. The summed E-state index contributed by atoms with van der Waals surface area (Å²) in [5, 5.41) is 0. The second-order valence-corrected chi connectivity index (χ2v) is 7.22. The number of hydrogen-bond acceptors (Lipinski definition) is 5. The van der Waals surface area contributed by atoms with Crippen molar-refractivity contribution in [2.45, 2.75) is 30.7 Å². The van der Waals surface area contributed by atoms with Gasteiger partial charge in [0.2, 0.25) is 10.0 Å². The Kier molecular flexibility index (Phi) is 4.07. The van der Waals surface area contributed by atoms with Gasteiger partial charge in [0.05, 0.1) is 10.4 Å². The number of likely N-dealkylation sites (tertiary alicyclic amines) is 1. The largest absolute Gasteiger partial charge is 0.417 e. The van der Waals surface area contributed by atoms with E-state index in [4.69, 9.17) is 4.42 Å². The number of rotatable bonds is 5. The Morgan fingerprint density at radius 3 is 3.05 bits per heavy atom. The van der Waals surface area contributed by atoms with E-state index in [1.54, 1.807) is 0 Å². The summed E-state index contributed by atoms with van der Waals surface area (Å²) in [4.78, 5) is 16.0. The second kappa shape index (κ2) is 5.86. The third kappa shape index (κ3) is 2.94. The lowest BCUT2D eigenvalue weighted by Crippen LogP contribution is -2.39. The quantitative estimate of drug-likeness (QED) is 0.851. The third-order valence-electron chi connectivity index (χ3n) is 4.12. The molecular weight excluding hydrogens is 306 g/mol. The lowest BCUT2D eigenvalue weighted by molar-refractivity contribution is 0.268. The van der Waals surface area contributed by atoms with Gasteiger partial charge < -0.3 is 4.42 Å². The zero-order valence-corrected chi connectivity index (χ0v) is 13.1. The molecule has 1 aromatic carbocycles. The van der Waals surface area contributed by atoms with Crippen LogP contribution in [-0.2, 0) is 10.0 Å². The van der Waals surface area contributed by atoms with E-state index in [0.717, 1.165) is 25.9 Å². The number of oxazole rings is 1. The minimum atomic E-state index is -3.61. The van der Waals surface area contributed by atoms with E-state index in [1.165, 1.54) is 18.2 Å². The molecule has 1 fully saturated rings. The molecule has 1 atom stereocenters. The van der Waals surface area contributed by atoms with Crippen LogP contribution in [0.3, 0.4) is 0 Å². The van der Waals surface area contributed by atoms with Gasteiger partial charge in [-0.3, -0.25) is 9.88 Å². The maximum absolute atomic E-state index is 12.4. The van der Waals surface area contributed by atoms with Gasteiger partial charge in [0.1, 0.15) is 0 Å². The van der Waals surface area contributed by atoms with Crippen molar-refractivity contribution < 1.29 is 12.8 Å². The van der Waals surface area contributed by atoms with Crippen molar-refractivity contribution in [3.63, 3.8) is 0 Å². The molecule has 1 aromatic heterocycles. The van der Waals surface area contributed by atoms with Gasteiger partial charge in [-0.1, -0.05) is 6.92 Å². The number of aromatic nitrogens is 1. The van der Waals surface area contributed by atoms with Gasteiger partial charge >= 0.3 is 5.76 Å². The number of nitrogens with one attached hydrogen (secondary N) is 2. The van der Waals surface area contributed by atoms with Crippen molar-refractivity contribution in [2.24, 2.45) is 0 Å². The highest BCUT2D eigenvalue weighted by molar-refractivity contribution is 7.89. The number of nitrogens with zero attached hydrogens (tertiary/aromatic N) is 1. The Labute approximate surface area is 128 Å². The molecule has 0 unspecified atom stereocenters. The van der Waals surface area contributed by atoms with Gasteiger partial charge in [-0.25, -0.2) is 17.9 Å². The molecule has 0 spiro atoms. The number of aromatic amines is 1. The predicted octanol–water partition coefficient (Wildman–Crippen LogP) is 0.884. The lowest BCUT2D eigenvalue weighted by atomic mass is 10.2. The average Bonchev–Trinajstić information content (AvgIpc) is 3.08. The molecule has 0 radical (unpaired) electrons. The molecule has 0 saturated carbocycles. The van der Waals surface area contributed by atoms with E-state index in [2.05, 4.69) is 21.5 Å². The number of fused-ring (bicyclic) bond motifs is 1. The molecule has 0 amide bonds. The van der Waals surface area contributed by atoms with Gasteiger partial charge in [0, 0.05) is 18.7 Å². The summed E-state index contributed by atoms with van der Waals surface area (Å²) >= 11 is 0. The van der Waals surface area contributed by atoms with Crippen molar-refractivity contribution in [3.8, 4) is 0 Å². The maximum atomic E-state index is 12.4. The number of benzene rings is 1. The Bertz CT molecular complexity index is 824. The van der Waals surface area contributed by atoms with Gasteiger partial charge in [-0.2, -0.15) is 0 Å². The number of likely N-dealkylation sites (N-methyl/N-ethyl adjacent to an activating group) is 1. The van der Waals surface area contributed by atoms with E-state index < -0.39 is 15.8 Å². The third-order valence-corrected chi connectivity index (χ3v) is 5.54. The molecule has 1 aliphatic rings. The standard InChI is InChI=1S/C14H19N3O4S/c1-2-17-7-3-4-10(17)9-15-22(19,20)11-5-6-12-13(8-11)21-14(18)16-12/h5-6,8,10,15H,2-4,7,9H2,1H3,(H,16,18)/t10-/m1/s1. The lowest BCUT2D eigenvalue weighted by Gasteiger charge is -2.22. The summed E-state index contributed by atoms with van der Waals surface area (Å²) in [6.07, 6.45) is 2.10. The summed E-state index contributed by atoms with van der Waals surface area (Å²) in [7, 11) is -3.61. The van der Waals surface area contributed by atoms with Crippen LogP contribution in [0.1, 0.15) is 19.8 Å². The molecule has 1 aliphatic heterocycles. The molecule has 120 valence electrons. The summed E-state index contributed by atoms with van der Waals surface area (Å²) < 4.78 is 32.3. The van der Waals surface area contributed by atoms with Crippen LogP contribution < -0.4 is 10.5 Å². The molecule has 0 aliphatic carbocycles. The molecule has 22 heavy (non-hydrogen) atoms. The van der Waals surface area contributed by atoms with Gasteiger partial charge in [0.15, 0.2) is 5.58 Å². The van der Waals surface area contributed by atoms with Crippen LogP contribution >= 0.6 is 0 Å². The zero-order chi connectivity index (χ0) is 15.7. The van der Waals surface area contributed by atoms with E-state index in [0.29, 0.717) is 12.1 Å². The average molecular weight is 325 g/mol. The first kappa shape index (κ1) is 15.3. The smallest absolute Gasteiger partial charge is 0.408 e. The molecular formula is C14H19N3O4S. The van der Waals surface area contributed by atoms with E-state index in [-0.39, 0.29) is 16.5 Å². The minimum absolute atomic E-state index is 0.101. The Hall–Kier alpha value is -1.64. The van der Waals surface area contributed by atoms with Gasteiger partial charge in [0.25, 0.3) is 0 Å². The molecule has 3 rings (SSSR count). The summed E-state index contributed by atoms with van der Waals surface area (Å²) in [6.45, 7) is 4.41. The topological polar surface area (TPSA) is 95.4 Å². The van der Waals surface area contributed by atoms with Crippen molar-refractivity contribution >= 4 is 21.1 Å². The Morgan fingerprint density at radius 2 is 2.27 bits per heavy atom. The van der Waals surface area contributed by atoms with Crippen molar-refractivity contribution in [2.75, 3.05) is 19.6 Å². The molecule has 1 saturated heterocycles. The number of H-pyrrole nitrogens is 1. The first-order chi connectivity index (χ1) is 10.5. The molecule has 7 nitrogen and oxygen atoms in total. The molecule has 2 aromatic rings. The van der Waals surface area contributed by atoms with Crippen LogP contribution in [0, 0.1) is 0 Å². The Morgan fingerprint density at radius 1 is 1.45 bits per heavy atom. The van der Waals surface area contributed by atoms with Crippen LogP contribution in [0.5, 0.6) is 0 Å². The number of sulfonamides is 1. The van der Waals surface area contributed by atoms with Crippen molar-refractivity contribution in [3.05, 3.63) is 28.7 Å². The van der Waals surface area contributed by atoms with Crippen molar-refractivity contribution in [1.29, 1.82) is 0 Å². The molecule has 0 bridgehead atoms. The number of hydrogen-bond donors (Lipinski definition) is 2. The fourth-order valence-electron chi connectivity index (χ4n) is 2.92. The van der Waals surface area contributed by atoms with E-state index in [9.17, 15) is 13.2 Å². The van der Waals surface area contributed by atoms with Gasteiger partial charge in [-0.05, 0) is 38.1 Å². The molecule has 2 N–H and O–H groups in total. The maximum Gasteiger partial charge on any atom is 0.417 e. The molecule has 8 heteroatoms. The SMILES string of the molecule is CCN1CCC[C@@H]1CNS(=O)(=O)c1ccc2[nH]c(=O)oc2c1. The normalized spacial score (nSPS) is 20.0. The predicted molar refractivity (Wildman–Crippen MR) is 82.3 cm³/mol. The summed E-state index contributed by atoms with van der Waals surface area (Å²) in [5.74, 6) is -0.595. The highest BCUT2D eigenvalue weighted by atomic mass is 32.2. The molecule has 2 heterocycles.